The normalized spacial score (nSPS) is 13.1. The quantitative estimate of drug-likeness (QED) is 0.690. The van der Waals surface area contributed by atoms with Crippen LogP contribution in [0.4, 0.5) is 23.7 Å². The summed E-state index contributed by atoms with van der Waals surface area (Å²) in [6.07, 6.45) is 0.614. The summed E-state index contributed by atoms with van der Waals surface area (Å²) in [5, 5.41) is 2.38. The van der Waals surface area contributed by atoms with Crippen molar-refractivity contribution in [1.29, 1.82) is 0 Å². The predicted octanol–water partition coefficient (Wildman–Crippen LogP) is 3.37. The molecule has 0 saturated carbocycles. The number of carbonyl (C=O) groups is 1. The number of hydrogen-bond donors (Lipinski definition) is 2. The van der Waals surface area contributed by atoms with Crippen LogP contribution in [0.25, 0.3) is 0 Å². The van der Waals surface area contributed by atoms with Crippen LogP contribution >= 0.6 is 0 Å². The molecule has 1 aliphatic rings. The zero-order valence-corrected chi connectivity index (χ0v) is 15.7. The largest absolute Gasteiger partial charge is 0.322 e. The molecule has 0 atom stereocenters. The smallest absolute Gasteiger partial charge is 0.320 e. The molecule has 30 heavy (non-hydrogen) atoms. The van der Waals surface area contributed by atoms with Gasteiger partial charge in [-0.2, -0.15) is 0 Å². The second kappa shape index (κ2) is 8.02. The van der Waals surface area contributed by atoms with E-state index in [1.807, 2.05) is 0 Å². The summed E-state index contributed by atoms with van der Waals surface area (Å²) in [6.45, 7) is 0.282. The molecule has 154 valence electrons. The summed E-state index contributed by atoms with van der Waals surface area (Å²) >= 11 is 0. The monoisotopic (exact) mass is 414 g/mol. The highest BCUT2D eigenvalue weighted by Crippen LogP contribution is 2.19. The van der Waals surface area contributed by atoms with Crippen molar-refractivity contribution in [2.24, 2.45) is 0 Å². The van der Waals surface area contributed by atoms with E-state index in [0.717, 1.165) is 12.1 Å². The van der Waals surface area contributed by atoms with Crippen molar-refractivity contribution < 1.29 is 18.0 Å². The summed E-state index contributed by atoms with van der Waals surface area (Å²) in [6, 6.07) is 8.28. The van der Waals surface area contributed by atoms with Gasteiger partial charge in [0, 0.05) is 25.5 Å². The van der Waals surface area contributed by atoms with Gasteiger partial charge in [0.15, 0.2) is 0 Å². The number of nitrogens with zero attached hydrogens (tertiary/aromatic N) is 2. The Morgan fingerprint density at radius 3 is 2.70 bits per heavy atom. The predicted molar refractivity (Wildman–Crippen MR) is 104 cm³/mol. The molecule has 0 spiro atoms. The van der Waals surface area contributed by atoms with Gasteiger partial charge in [0.25, 0.3) is 5.56 Å². The van der Waals surface area contributed by atoms with Gasteiger partial charge in [0.05, 0.1) is 23.5 Å². The number of aromatic nitrogens is 2. The molecule has 2 heterocycles. The Hall–Kier alpha value is -3.62. The van der Waals surface area contributed by atoms with E-state index in [1.54, 1.807) is 12.1 Å². The molecule has 1 aliphatic heterocycles. The zero-order valence-electron chi connectivity index (χ0n) is 15.7. The Bertz CT molecular complexity index is 1180. The third kappa shape index (κ3) is 4.19. The van der Waals surface area contributed by atoms with Gasteiger partial charge in [-0.1, -0.05) is 12.1 Å². The van der Waals surface area contributed by atoms with Crippen LogP contribution in [0.2, 0.25) is 0 Å². The maximum absolute atomic E-state index is 13.8. The highest BCUT2D eigenvalue weighted by Gasteiger charge is 2.25. The van der Waals surface area contributed by atoms with Gasteiger partial charge in [0.1, 0.15) is 23.3 Å². The molecule has 6 nitrogen and oxygen atoms in total. The van der Waals surface area contributed by atoms with Gasteiger partial charge in [-0.15, -0.1) is 0 Å². The van der Waals surface area contributed by atoms with E-state index in [1.165, 1.54) is 17.0 Å². The highest BCUT2D eigenvalue weighted by atomic mass is 19.1. The van der Waals surface area contributed by atoms with E-state index in [9.17, 15) is 22.8 Å². The lowest BCUT2D eigenvalue weighted by Gasteiger charge is -2.28. The topological polar surface area (TPSA) is 78.1 Å². The first-order chi connectivity index (χ1) is 14.4. The van der Waals surface area contributed by atoms with Crippen molar-refractivity contribution in [3.05, 3.63) is 92.9 Å². The molecular formula is C21H17F3N4O2. The summed E-state index contributed by atoms with van der Waals surface area (Å²) in [5.41, 5.74) is 1.07. The molecule has 0 aliphatic carbocycles. The molecule has 0 bridgehead atoms. The number of urea groups is 1. The number of amides is 2. The number of carbonyl (C=O) groups excluding carboxylic acids is 1. The average Bonchev–Trinajstić information content (AvgIpc) is 2.70. The number of anilines is 1. The maximum atomic E-state index is 13.8. The Balaban J connectivity index is 1.49. The third-order valence-corrected chi connectivity index (χ3v) is 4.84. The first-order valence-electron chi connectivity index (χ1n) is 9.25. The first kappa shape index (κ1) is 19.7. The molecule has 2 amide bonds. The van der Waals surface area contributed by atoms with Crippen LogP contribution in [0, 0.1) is 17.5 Å². The van der Waals surface area contributed by atoms with Crippen LogP contribution in [-0.4, -0.2) is 27.4 Å². The lowest BCUT2D eigenvalue weighted by atomic mass is 10.1. The van der Waals surface area contributed by atoms with Gasteiger partial charge >= 0.3 is 6.03 Å². The van der Waals surface area contributed by atoms with Crippen molar-refractivity contribution in [3.63, 3.8) is 0 Å². The van der Waals surface area contributed by atoms with Gasteiger partial charge in [-0.25, -0.2) is 22.9 Å². The minimum Gasteiger partial charge on any atom is -0.320 e. The fourth-order valence-electron chi connectivity index (χ4n) is 3.36. The number of halogens is 3. The standard InChI is InChI=1S/C21H17F3N4O2/c22-13-3-1-2-12(8-13)9-19-25-17-6-7-28(11-15(17)20(29)27-19)21(30)26-18-5-4-14(23)10-16(18)24/h1-5,8,10H,6-7,9,11H2,(H,26,30)(H,25,27,29). The molecule has 0 fully saturated rings. The molecular weight excluding hydrogens is 397 g/mol. The lowest BCUT2D eigenvalue weighted by Crippen LogP contribution is -2.42. The molecule has 0 saturated heterocycles. The summed E-state index contributed by atoms with van der Waals surface area (Å²) < 4.78 is 40.1. The molecule has 1 aromatic heterocycles. The summed E-state index contributed by atoms with van der Waals surface area (Å²) in [7, 11) is 0. The van der Waals surface area contributed by atoms with E-state index in [2.05, 4.69) is 15.3 Å². The summed E-state index contributed by atoms with van der Waals surface area (Å²) in [5.74, 6) is -1.59. The van der Waals surface area contributed by atoms with Gasteiger partial charge in [-0.3, -0.25) is 4.79 Å². The molecule has 0 radical (unpaired) electrons. The fourth-order valence-corrected chi connectivity index (χ4v) is 3.36. The highest BCUT2D eigenvalue weighted by molar-refractivity contribution is 5.89. The number of H-pyrrole nitrogens is 1. The van der Waals surface area contributed by atoms with Crippen LogP contribution in [0.3, 0.4) is 0 Å². The lowest BCUT2D eigenvalue weighted by molar-refractivity contribution is 0.205. The number of hydrogen-bond acceptors (Lipinski definition) is 3. The molecule has 4 rings (SSSR count). The molecule has 2 N–H and O–H groups in total. The summed E-state index contributed by atoms with van der Waals surface area (Å²) in [4.78, 5) is 33.5. The van der Waals surface area contributed by atoms with Crippen molar-refractivity contribution in [3.8, 4) is 0 Å². The molecule has 3 aromatic rings. The number of nitrogens with one attached hydrogen (secondary N) is 2. The molecule has 2 aromatic carbocycles. The minimum absolute atomic E-state index is 0.00651. The molecule has 0 unspecified atom stereocenters. The van der Waals surface area contributed by atoms with Crippen molar-refractivity contribution in [2.75, 3.05) is 11.9 Å². The fraction of sp³-hybridized carbons (Fsp3) is 0.190. The number of fused-ring (bicyclic) bond motifs is 1. The first-order valence-corrected chi connectivity index (χ1v) is 9.25. The van der Waals surface area contributed by atoms with Crippen LogP contribution in [0.15, 0.2) is 47.3 Å². The zero-order chi connectivity index (χ0) is 21.3. The Kier molecular flexibility index (Phi) is 5.26. The van der Waals surface area contributed by atoms with Crippen molar-refractivity contribution in [2.45, 2.75) is 19.4 Å². The van der Waals surface area contributed by atoms with E-state index in [0.29, 0.717) is 35.1 Å². The van der Waals surface area contributed by atoms with Gasteiger partial charge < -0.3 is 15.2 Å². The van der Waals surface area contributed by atoms with Crippen molar-refractivity contribution in [1.82, 2.24) is 14.9 Å². The Labute approximate surface area is 169 Å². The van der Waals surface area contributed by atoms with E-state index in [-0.39, 0.29) is 36.6 Å². The van der Waals surface area contributed by atoms with Crippen LogP contribution in [0.5, 0.6) is 0 Å². The molecule has 9 heteroatoms. The van der Waals surface area contributed by atoms with E-state index < -0.39 is 17.7 Å². The van der Waals surface area contributed by atoms with Gasteiger partial charge in [-0.05, 0) is 29.8 Å². The van der Waals surface area contributed by atoms with Gasteiger partial charge in [0.2, 0.25) is 0 Å². The number of rotatable bonds is 3. The van der Waals surface area contributed by atoms with E-state index in [4.69, 9.17) is 0 Å². The maximum Gasteiger partial charge on any atom is 0.322 e. The third-order valence-electron chi connectivity index (χ3n) is 4.84. The number of aromatic amines is 1. The Morgan fingerprint density at radius 2 is 1.93 bits per heavy atom. The van der Waals surface area contributed by atoms with Crippen LogP contribution < -0.4 is 10.9 Å². The second-order valence-corrected chi connectivity index (χ2v) is 6.97. The van der Waals surface area contributed by atoms with E-state index >= 15 is 0 Å². The van der Waals surface area contributed by atoms with Crippen LogP contribution in [-0.2, 0) is 19.4 Å². The number of benzene rings is 2. The minimum atomic E-state index is -0.887. The average molecular weight is 414 g/mol. The second-order valence-electron chi connectivity index (χ2n) is 6.97. The SMILES string of the molecule is O=C(Nc1ccc(F)cc1F)N1CCc2nc(Cc3cccc(F)c3)[nH]c(=O)c2C1. The van der Waals surface area contributed by atoms with Crippen LogP contribution in [0.1, 0.15) is 22.6 Å². The Morgan fingerprint density at radius 1 is 1.13 bits per heavy atom. The van der Waals surface area contributed by atoms with Crippen molar-refractivity contribution >= 4 is 11.7 Å².